The third kappa shape index (κ3) is 2.90. The molecule has 1 aliphatic heterocycles. The average Bonchev–Trinajstić information content (AvgIpc) is 2.90. The first-order valence-corrected chi connectivity index (χ1v) is 7.09. The summed E-state index contributed by atoms with van der Waals surface area (Å²) in [6.07, 6.45) is 4.48. The molecule has 0 bridgehead atoms. The molecule has 1 aliphatic rings. The highest BCUT2D eigenvalue weighted by Gasteiger charge is 2.23. The first-order valence-electron chi connectivity index (χ1n) is 7.09. The van der Waals surface area contributed by atoms with Crippen LogP contribution in [0.25, 0.3) is 0 Å². The van der Waals surface area contributed by atoms with Gasteiger partial charge in [0.15, 0.2) is 5.89 Å². The Morgan fingerprint density at radius 3 is 3.05 bits per heavy atom. The lowest BCUT2D eigenvalue weighted by Gasteiger charge is -2.27. The molecule has 1 fully saturated rings. The predicted molar refractivity (Wildman–Crippen MR) is 75.2 cm³/mol. The summed E-state index contributed by atoms with van der Waals surface area (Å²) in [5.74, 6) is 1.70. The molecule has 20 heavy (non-hydrogen) atoms. The third-order valence-corrected chi connectivity index (χ3v) is 3.87. The number of nitrogens with zero attached hydrogens (tertiary/aromatic N) is 2. The summed E-state index contributed by atoms with van der Waals surface area (Å²) >= 11 is 0. The maximum Gasteiger partial charge on any atom is 0.198 e. The van der Waals surface area contributed by atoms with Crippen LogP contribution in [0.3, 0.4) is 0 Å². The number of hydrogen-bond donors (Lipinski definition) is 0. The fraction of sp³-hybridized carbons (Fsp3) is 0.438. The van der Waals surface area contributed by atoms with E-state index in [1.807, 2.05) is 6.07 Å². The van der Waals surface area contributed by atoms with E-state index in [0.29, 0.717) is 17.9 Å². The van der Waals surface area contributed by atoms with Crippen LogP contribution in [0.1, 0.15) is 36.0 Å². The van der Waals surface area contributed by atoms with Gasteiger partial charge in [0.05, 0.1) is 6.20 Å². The molecule has 1 atom stereocenters. The Bertz CT molecular complexity index is 581. The van der Waals surface area contributed by atoms with E-state index in [1.54, 1.807) is 18.3 Å². The second-order valence-electron chi connectivity index (χ2n) is 5.53. The van der Waals surface area contributed by atoms with Gasteiger partial charge in [0.25, 0.3) is 0 Å². The third-order valence-electron chi connectivity index (χ3n) is 3.87. The van der Waals surface area contributed by atoms with E-state index >= 15 is 0 Å². The van der Waals surface area contributed by atoms with Gasteiger partial charge in [-0.15, -0.1) is 0 Å². The summed E-state index contributed by atoms with van der Waals surface area (Å²) in [5.41, 5.74) is 0.649. The number of aromatic nitrogens is 1. The Morgan fingerprint density at radius 2 is 2.25 bits per heavy atom. The minimum Gasteiger partial charge on any atom is -0.445 e. The number of likely N-dealkylation sites (tertiary alicyclic amines) is 1. The normalized spacial score (nSPS) is 20.2. The predicted octanol–water partition coefficient (Wildman–Crippen LogP) is 3.21. The highest BCUT2D eigenvalue weighted by Crippen LogP contribution is 2.26. The first kappa shape index (κ1) is 13.3. The van der Waals surface area contributed by atoms with Gasteiger partial charge in [0.2, 0.25) is 0 Å². The van der Waals surface area contributed by atoms with Crippen LogP contribution in [0.2, 0.25) is 0 Å². The Labute approximate surface area is 118 Å². The van der Waals surface area contributed by atoms with Crippen LogP contribution in [0.15, 0.2) is 34.9 Å². The second kappa shape index (κ2) is 5.75. The van der Waals surface area contributed by atoms with Crippen LogP contribution >= 0.6 is 0 Å². The van der Waals surface area contributed by atoms with Crippen LogP contribution in [0, 0.1) is 5.82 Å². The second-order valence-corrected chi connectivity index (χ2v) is 5.53. The van der Waals surface area contributed by atoms with Gasteiger partial charge < -0.3 is 9.32 Å². The van der Waals surface area contributed by atoms with E-state index in [9.17, 15) is 4.39 Å². The number of hydrogen-bond acceptors (Lipinski definition) is 3. The van der Waals surface area contributed by atoms with E-state index in [4.69, 9.17) is 4.42 Å². The molecule has 106 valence electrons. The van der Waals surface area contributed by atoms with E-state index in [1.165, 1.54) is 12.5 Å². The zero-order chi connectivity index (χ0) is 13.9. The fourth-order valence-electron chi connectivity index (χ4n) is 2.79. The van der Waals surface area contributed by atoms with Crippen LogP contribution < -0.4 is 0 Å². The van der Waals surface area contributed by atoms with Gasteiger partial charge in [0, 0.05) is 18.9 Å². The van der Waals surface area contributed by atoms with Crippen molar-refractivity contribution in [3.63, 3.8) is 0 Å². The smallest absolute Gasteiger partial charge is 0.198 e. The molecule has 2 heterocycles. The fourth-order valence-corrected chi connectivity index (χ4v) is 2.79. The summed E-state index contributed by atoms with van der Waals surface area (Å²) in [7, 11) is 2.12. The Morgan fingerprint density at radius 1 is 1.40 bits per heavy atom. The van der Waals surface area contributed by atoms with Crippen molar-refractivity contribution >= 4 is 0 Å². The molecule has 1 aromatic heterocycles. The molecule has 0 saturated carbocycles. The van der Waals surface area contributed by atoms with Gasteiger partial charge in [0.1, 0.15) is 11.6 Å². The van der Waals surface area contributed by atoms with E-state index in [2.05, 4.69) is 16.9 Å². The molecule has 0 radical (unpaired) electrons. The van der Waals surface area contributed by atoms with Crippen LogP contribution in [-0.2, 0) is 6.42 Å². The molecular weight excluding hydrogens is 255 g/mol. The molecule has 2 aromatic rings. The molecule has 0 aliphatic carbocycles. The SMILES string of the molecule is CN1CCC[C@H](c2ncc(Cc3ccccc3F)o2)C1. The molecule has 4 heteroatoms. The minimum atomic E-state index is -0.192. The number of halogens is 1. The topological polar surface area (TPSA) is 29.3 Å². The Kier molecular flexibility index (Phi) is 3.83. The van der Waals surface area contributed by atoms with Gasteiger partial charge >= 0.3 is 0 Å². The minimum absolute atomic E-state index is 0.192. The number of oxazole rings is 1. The Hall–Kier alpha value is -1.68. The van der Waals surface area contributed by atoms with Gasteiger partial charge in [-0.1, -0.05) is 18.2 Å². The van der Waals surface area contributed by atoms with E-state index in [0.717, 1.165) is 31.2 Å². The molecule has 0 amide bonds. The number of likely N-dealkylation sites (N-methyl/N-ethyl adjacent to an activating group) is 1. The Balaban J connectivity index is 1.72. The van der Waals surface area contributed by atoms with Crippen molar-refractivity contribution in [3.8, 4) is 0 Å². The maximum atomic E-state index is 13.6. The van der Waals surface area contributed by atoms with Crippen molar-refractivity contribution < 1.29 is 8.81 Å². The van der Waals surface area contributed by atoms with Gasteiger partial charge in [-0.05, 0) is 38.1 Å². The lowest BCUT2D eigenvalue weighted by molar-refractivity contribution is 0.228. The highest BCUT2D eigenvalue weighted by molar-refractivity contribution is 5.21. The summed E-state index contributed by atoms with van der Waals surface area (Å²) in [6, 6.07) is 6.79. The van der Waals surface area contributed by atoms with Gasteiger partial charge in [-0.3, -0.25) is 0 Å². The van der Waals surface area contributed by atoms with Crippen molar-refractivity contribution in [1.82, 2.24) is 9.88 Å². The quantitative estimate of drug-likeness (QED) is 0.860. The van der Waals surface area contributed by atoms with Crippen molar-refractivity contribution in [2.45, 2.75) is 25.2 Å². The maximum absolute atomic E-state index is 13.6. The van der Waals surface area contributed by atoms with Crippen LogP contribution in [-0.4, -0.2) is 30.0 Å². The zero-order valence-electron chi connectivity index (χ0n) is 11.7. The molecular formula is C16H19FN2O. The summed E-state index contributed by atoms with van der Waals surface area (Å²) in [4.78, 5) is 6.68. The van der Waals surface area contributed by atoms with Crippen molar-refractivity contribution in [3.05, 3.63) is 53.5 Å². The van der Waals surface area contributed by atoms with E-state index < -0.39 is 0 Å². The van der Waals surface area contributed by atoms with Gasteiger partial charge in [-0.2, -0.15) is 0 Å². The van der Waals surface area contributed by atoms with E-state index in [-0.39, 0.29) is 5.82 Å². The molecule has 3 nitrogen and oxygen atoms in total. The summed E-state index contributed by atoms with van der Waals surface area (Å²) in [6.45, 7) is 2.12. The van der Waals surface area contributed by atoms with Crippen LogP contribution in [0.4, 0.5) is 4.39 Å². The molecule has 0 N–H and O–H groups in total. The number of piperidine rings is 1. The molecule has 3 rings (SSSR count). The number of benzene rings is 1. The summed E-state index contributed by atoms with van der Waals surface area (Å²) in [5, 5.41) is 0. The average molecular weight is 274 g/mol. The van der Waals surface area contributed by atoms with Crippen molar-refractivity contribution in [2.24, 2.45) is 0 Å². The molecule has 0 spiro atoms. The lowest BCUT2D eigenvalue weighted by Crippen LogP contribution is -2.30. The first-order chi connectivity index (χ1) is 9.72. The monoisotopic (exact) mass is 274 g/mol. The summed E-state index contributed by atoms with van der Waals surface area (Å²) < 4.78 is 19.4. The molecule has 1 aromatic carbocycles. The standard InChI is InChI=1S/C16H19FN2O/c1-19-8-4-6-13(11-19)16-18-10-14(20-16)9-12-5-2-3-7-15(12)17/h2-3,5,7,10,13H,4,6,8-9,11H2,1H3/t13-/m0/s1. The zero-order valence-corrected chi connectivity index (χ0v) is 11.7. The number of rotatable bonds is 3. The lowest BCUT2D eigenvalue weighted by atomic mass is 9.99. The van der Waals surface area contributed by atoms with Gasteiger partial charge in [-0.25, -0.2) is 9.37 Å². The highest BCUT2D eigenvalue weighted by atomic mass is 19.1. The van der Waals surface area contributed by atoms with Crippen molar-refractivity contribution in [1.29, 1.82) is 0 Å². The largest absolute Gasteiger partial charge is 0.445 e. The van der Waals surface area contributed by atoms with Crippen LogP contribution in [0.5, 0.6) is 0 Å². The van der Waals surface area contributed by atoms with Crippen molar-refractivity contribution in [2.75, 3.05) is 20.1 Å². The molecule has 1 saturated heterocycles. The molecule has 0 unspecified atom stereocenters.